The van der Waals surface area contributed by atoms with Gasteiger partial charge in [0.15, 0.2) is 5.13 Å². The number of thioether (sulfide) groups is 1. The monoisotopic (exact) mass is 446 g/mol. The number of halogens is 1. The molecular weight excluding hydrogens is 424 g/mol. The van der Waals surface area contributed by atoms with Gasteiger partial charge in [-0.1, -0.05) is 35.9 Å². The predicted octanol–water partition coefficient (Wildman–Crippen LogP) is 5.82. The fourth-order valence-corrected chi connectivity index (χ4v) is 5.28. The molecule has 0 aliphatic carbocycles. The summed E-state index contributed by atoms with van der Waals surface area (Å²) in [5.41, 5.74) is 2.22. The van der Waals surface area contributed by atoms with Gasteiger partial charge in [0.2, 0.25) is 5.91 Å². The van der Waals surface area contributed by atoms with Crippen LogP contribution in [0.1, 0.15) is 25.3 Å². The van der Waals surface area contributed by atoms with Crippen LogP contribution < -0.4 is 4.90 Å². The number of amides is 1. The third-order valence-electron chi connectivity index (χ3n) is 4.97. The van der Waals surface area contributed by atoms with Crippen LogP contribution in [0.15, 0.2) is 47.4 Å². The number of hydrogen-bond donors (Lipinski definition) is 0. The molecule has 0 N–H and O–H groups in total. The molecule has 1 atom stereocenters. The highest BCUT2D eigenvalue weighted by molar-refractivity contribution is 8.00. The summed E-state index contributed by atoms with van der Waals surface area (Å²) in [6.07, 6.45) is 3.10. The molecule has 1 aliphatic heterocycles. The minimum absolute atomic E-state index is 0.0511. The molecule has 0 bridgehead atoms. The van der Waals surface area contributed by atoms with Crippen LogP contribution >= 0.6 is 34.7 Å². The molecule has 0 spiro atoms. The van der Waals surface area contributed by atoms with Crippen LogP contribution in [-0.2, 0) is 16.0 Å². The summed E-state index contributed by atoms with van der Waals surface area (Å²) in [4.78, 5) is 20.8. The maximum atomic E-state index is 13.2. The van der Waals surface area contributed by atoms with Crippen molar-refractivity contribution in [2.75, 3.05) is 23.8 Å². The van der Waals surface area contributed by atoms with Crippen molar-refractivity contribution in [3.05, 3.63) is 53.1 Å². The summed E-state index contributed by atoms with van der Waals surface area (Å²) in [6.45, 7) is 3.47. The molecule has 29 heavy (non-hydrogen) atoms. The van der Waals surface area contributed by atoms with Crippen LogP contribution in [0.3, 0.4) is 0 Å². The topological polar surface area (TPSA) is 42.4 Å². The third kappa shape index (κ3) is 5.12. The first-order chi connectivity index (χ1) is 14.1. The van der Waals surface area contributed by atoms with E-state index >= 15 is 0 Å². The maximum Gasteiger partial charge on any atom is 0.239 e. The van der Waals surface area contributed by atoms with E-state index in [2.05, 4.69) is 19.1 Å². The Morgan fingerprint density at radius 1 is 1.31 bits per heavy atom. The van der Waals surface area contributed by atoms with Crippen molar-refractivity contribution in [3.63, 3.8) is 0 Å². The van der Waals surface area contributed by atoms with Gasteiger partial charge in [-0.3, -0.25) is 9.69 Å². The smallest absolute Gasteiger partial charge is 0.239 e. The Balaban J connectivity index is 1.55. The fraction of sp³-hybridized carbons (Fsp3) is 0.364. The second kappa shape index (κ2) is 9.47. The molecule has 4 rings (SSSR count). The first-order valence-electron chi connectivity index (χ1n) is 9.82. The molecule has 1 unspecified atom stereocenters. The Bertz CT molecular complexity index is 984. The largest absolute Gasteiger partial charge is 0.376 e. The van der Waals surface area contributed by atoms with Gasteiger partial charge in [0.1, 0.15) is 0 Å². The van der Waals surface area contributed by atoms with Gasteiger partial charge in [-0.05, 0) is 61.2 Å². The van der Waals surface area contributed by atoms with Crippen molar-refractivity contribution in [2.45, 2.75) is 37.2 Å². The molecule has 1 aromatic heterocycles. The molecule has 2 heterocycles. The molecular formula is C22H23ClN2O2S2. The number of aromatic nitrogens is 1. The van der Waals surface area contributed by atoms with Crippen molar-refractivity contribution in [3.8, 4) is 0 Å². The molecule has 1 aliphatic rings. The summed E-state index contributed by atoms with van der Waals surface area (Å²) in [7, 11) is 0. The number of benzene rings is 2. The lowest BCUT2D eigenvalue weighted by atomic mass is 10.2. The Hall–Kier alpha value is -1.60. The maximum absolute atomic E-state index is 13.2. The van der Waals surface area contributed by atoms with Crippen molar-refractivity contribution in [1.82, 2.24) is 4.98 Å². The zero-order valence-corrected chi connectivity index (χ0v) is 18.7. The molecule has 152 valence electrons. The van der Waals surface area contributed by atoms with Gasteiger partial charge in [0, 0.05) is 16.5 Å². The molecule has 0 saturated carbocycles. The first kappa shape index (κ1) is 20.7. The number of fused-ring (bicyclic) bond motifs is 1. The second-order valence-corrected chi connectivity index (χ2v) is 9.53. The normalized spacial score (nSPS) is 16.4. The number of aryl methyl sites for hydroxylation is 1. The van der Waals surface area contributed by atoms with Gasteiger partial charge in [-0.25, -0.2) is 4.98 Å². The highest BCUT2D eigenvalue weighted by atomic mass is 35.5. The lowest BCUT2D eigenvalue weighted by Gasteiger charge is -2.23. The molecule has 1 fully saturated rings. The minimum atomic E-state index is 0.0511. The van der Waals surface area contributed by atoms with E-state index in [-0.39, 0.29) is 12.0 Å². The Kier molecular flexibility index (Phi) is 6.75. The van der Waals surface area contributed by atoms with E-state index in [1.165, 1.54) is 17.3 Å². The van der Waals surface area contributed by atoms with Gasteiger partial charge < -0.3 is 4.74 Å². The number of thiazole rings is 1. The van der Waals surface area contributed by atoms with Gasteiger partial charge >= 0.3 is 0 Å². The predicted molar refractivity (Wildman–Crippen MR) is 123 cm³/mol. The minimum Gasteiger partial charge on any atom is -0.376 e. The van der Waals surface area contributed by atoms with Crippen LogP contribution in [0.5, 0.6) is 0 Å². The zero-order chi connectivity index (χ0) is 20.2. The van der Waals surface area contributed by atoms with E-state index in [1.54, 1.807) is 11.3 Å². The van der Waals surface area contributed by atoms with Crippen LogP contribution in [0.25, 0.3) is 10.2 Å². The Labute approximate surface area is 184 Å². The van der Waals surface area contributed by atoms with E-state index in [0.717, 1.165) is 46.1 Å². The number of nitrogens with zero attached hydrogens (tertiary/aromatic N) is 2. The van der Waals surface area contributed by atoms with E-state index < -0.39 is 0 Å². The lowest BCUT2D eigenvalue weighted by molar-refractivity contribution is -0.116. The van der Waals surface area contributed by atoms with Crippen molar-refractivity contribution < 1.29 is 9.53 Å². The molecule has 1 saturated heterocycles. The van der Waals surface area contributed by atoms with Crippen LogP contribution in [0.2, 0.25) is 5.02 Å². The number of anilines is 1. The van der Waals surface area contributed by atoms with Crippen LogP contribution in [0, 0.1) is 0 Å². The van der Waals surface area contributed by atoms with Crippen molar-refractivity contribution in [1.29, 1.82) is 0 Å². The molecule has 0 radical (unpaired) electrons. The van der Waals surface area contributed by atoms with Crippen molar-refractivity contribution >= 4 is 56.0 Å². The number of hydrogen-bond acceptors (Lipinski definition) is 5. The van der Waals surface area contributed by atoms with E-state index in [4.69, 9.17) is 21.3 Å². The number of carbonyl (C=O) groups is 1. The summed E-state index contributed by atoms with van der Waals surface area (Å²) < 4.78 is 6.92. The van der Waals surface area contributed by atoms with Crippen LogP contribution in [0.4, 0.5) is 5.13 Å². The highest BCUT2D eigenvalue weighted by Crippen LogP contribution is 2.32. The quantitative estimate of drug-likeness (QED) is 0.429. The fourth-order valence-electron chi connectivity index (χ4n) is 3.32. The average molecular weight is 447 g/mol. The van der Waals surface area contributed by atoms with Gasteiger partial charge in [-0.15, -0.1) is 11.8 Å². The number of carbonyl (C=O) groups excluding carboxylic acids is 1. The van der Waals surface area contributed by atoms with Crippen LogP contribution in [-0.4, -0.2) is 35.9 Å². The molecule has 1 amide bonds. The van der Waals surface area contributed by atoms with Gasteiger partial charge in [0.25, 0.3) is 0 Å². The summed E-state index contributed by atoms with van der Waals surface area (Å²) in [5.74, 6) is 0.403. The first-order valence-corrected chi connectivity index (χ1v) is 12.0. The summed E-state index contributed by atoms with van der Waals surface area (Å²) in [6, 6.07) is 13.9. The Morgan fingerprint density at radius 2 is 2.14 bits per heavy atom. The van der Waals surface area contributed by atoms with E-state index in [9.17, 15) is 4.79 Å². The lowest BCUT2D eigenvalue weighted by Crippen LogP contribution is -2.38. The molecule has 4 nitrogen and oxygen atoms in total. The van der Waals surface area contributed by atoms with Gasteiger partial charge in [0.05, 0.1) is 28.6 Å². The highest BCUT2D eigenvalue weighted by Gasteiger charge is 2.26. The third-order valence-corrected chi connectivity index (χ3v) is 7.26. The molecule has 7 heteroatoms. The SMILES string of the molecule is CCc1ccc2nc(N(CC3CCCO3)C(=O)CSc3ccc(Cl)cc3)sc2c1. The molecule has 3 aromatic rings. The van der Waals surface area contributed by atoms with Crippen molar-refractivity contribution in [2.24, 2.45) is 0 Å². The van der Waals surface area contributed by atoms with Gasteiger partial charge in [-0.2, -0.15) is 0 Å². The Morgan fingerprint density at radius 3 is 2.86 bits per heavy atom. The summed E-state index contributed by atoms with van der Waals surface area (Å²) >= 11 is 9.05. The summed E-state index contributed by atoms with van der Waals surface area (Å²) in [5, 5.41) is 1.45. The standard InChI is InChI=1S/C22H23ClN2O2S2/c1-2-15-5-10-19-20(12-15)29-22(24-19)25(13-17-4-3-11-27-17)21(26)14-28-18-8-6-16(23)7-9-18/h5-10,12,17H,2-4,11,13-14H2,1H3. The zero-order valence-electron chi connectivity index (χ0n) is 16.3. The molecule has 2 aromatic carbocycles. The number of rotatable bonds is 7. The second-order valence-electron chi connectivity index (χ2n) is 7.03. The van der Waals surface area contributed by atoms with E-state index in [0.29, 0.717) is 17.3 Å². The van der Waals surface area contributed by atoms with E-state index in [1.807, 2.05) is 35.2 Å². The average Bonchev–Trinajstić information content (AvgIpc) is 3.40. The number of ether oxygens (including phenoxy) is 1.